The molecule has 3 nitrogen and oxygen atoms in total. The standard InChI is InChI=1S/C14H19NO2/c1-11-3-2-4-13(9-11)15-14(16)10-12-5-7-17-8-6-12/h2-4,9,12H,5-8,10H2,1H3,(H,15,16). The number of hydrogen-bond acceptors (Lipinski definition) is 2. The molecule has 1 N–H and O–H groups in total. The summed E-state index contributed by atoms with van der Waals surface area (Å²) >= 11 is 0. The molecule has 0 bridgehead atoms. The van der Waals surface area contributed by atoms with Crippen LogP contribution >= 0.6 is 0 Å². The number of benzene rings is 1. The van der Waals surface area contributed by atoms with Gasteiger partial charge in [0.25, 0.3) is 0 Å². The minimum absolute atomic E-state index is 0.113. The minimum atomic E-state index is 0.113. The molecule has 1 aromatic rings. The molecule has 1 saturated heterocycles. The molecule has 17 heavy (non-hydrogen) atoms. The maximum absolute atomic E-state index is 11.8. The zero-order chi connectivity index (χ0) is 12.1. The third kappa shape index (κ3) is 3.86. The normalized spacial score (nSPS) is 16.8. The second kappa shape index (κ2) is 5.82. The van der Waals surface area contributed by atoms with Gasteiger partial charge in [0.2, 0.25) is 5.91 Å². The molecule has 1 heterocycles. The van der Waals surface area contributed by atoms with Crippen molar-refractivity contribution in [1.29, 1.82) is 0 Å². The third-order valence-electron chi connectivity index (χ3n) is 3.12. The Balaban J connectivity index is 1.84. The first-order chi connectivity index (χ1) is 8.24. The fourth-order valence-electron chi connectivity index (χ4n) is 2.15. The van der Waals surface area contributed by atoms with E-state index in [1.807, 2.05) is 31.2 Å². The van der Waals surface area contributed by atoms with E-state index in [4.69, 9.17) is 4.74 Å². The molecule has 0 atom stereocenters. The summed E-state index contributed by atoms with van der Waals surface area (Å²) in [7, 11) is 0. The Morgan fingerprint density at radius 2 is 2.18 bits per heavy atom. The molecule has 1 amide bonds. The topological polar surface area (TPSA) is 38.3 Å². The van der Waals surface area contributed by atoms with Crippen LogP contribution in [0.5, 0.6) is 0 Å². The average Bonchev–Trinajstić information content (AvgIpc) is 2.30. The van der Waals surface area contributed by atoms with Crippen molar-refractivity contribution < 1.29 is 9.53 Å². The van der Waals surface area contributed by atoms with Crippen LogP contribution in [-0.2, 0) is 9.53 Å². The highest BCUT2D eigenvalue weighted by molar-refractivity contribution is 5.90. The number of amides is 1. The van der Waals surface area contributed by atoms with Crippen LogP contribution in [-0.4, -0.2) is 19.1 Å². The summed E-state index contributed by atoms with van der Waals surface area (Å²) in [4.78, 5) is 11.8. The lowest BCUT2D eigenvalue weighted by Crippen LogP contribution is -2.22. The molecular weight excluding hydrogens is 214 g/mol. The number of nitrogens with one attached hydrogen (secondary N) is 1. The van der Waals surface area contributed by atoms with Crippen LogP contribution in [0.1, 0.15) is 24.8 Å². The predicted octanol–water partition coefficient (Wildman–Crippen LogP) is 2.75. The van der Waals surface area contributed by atoms with Gasteiger partial charge in [-0.05, 0) is 43.4 Å². The lowest BCUT2D eigenvalue weighted by Gasteiger charge is -2.21. The minimum Gasteiger partial charge on any atom is -0.381 e. The number of ether oxygens (including phenoxy) is 1. The Bertz CT molecular complexity index is 384. The number of aryl methyl sites for hydroxylation is 1. The van der Waals surface area contributed by atoms with Gasteiger partial charge in [-0.1, -0.05) is 12.1 Å². The van der Waals surface area contributed by atoms with E-state index in [1.165, 1.54) is 0 Å². The lowest BCUT2D eigenvalue weighted by molar-refractivity contribution is -0.117. The molecule has 1 fully saturated rings. The SMILES string of the molecule is Cc1cccc(NC(=O)CC2CCOCC2)c1. The first-order valence-corrected chi connectivity index (χ1v) is 6.18. The van der Waals surface area contributed by atoms with Crippen LogP contribution in [0.3, 0.4) is 0 Å². The van der Waals surface area contributed by atoms with Crippen molar-refractivity contribution in [2.24, 2.45) is 5.92 Å². The molecule has 1 aliphatic rings. The molecule has 1 aromatic carbocycles. The van der Waals surface area contributed by atoms with Crippen molar-refractivity contribution in [3.63, 3.8) is 0 Å². The van der Waals surface area contributed by atoms with E-state index in [0.717, 1.165) is 37.3 Å². The Morgan fingerprint density at radius 1 is 1.41 bits per heavy atom. The molecule has 3 heteroatoms. The zero-order valence-electron chi connectivity index (χ0n) is 10.2. The van der Waals surface area contributed by atoms with Gasteiger partial charge in [-0.15, -0.1) is 0 Å². The molecule has 0 unspecified atom stereocenters. The second-order valence-electron chi connectivity index (χ2n) is 4.68. The second-order valence-corrected chi connectivity index (χ2v) is 4.68. The van der Waals surface area contributed by atoms with E-state index in [0.29, 0.717) is 12.3 Å². The van der Waals surface area contributed by atoms with Gasteiger partial charge < -0.3 is 10.1 Å². The molecule has 0 radical (unpaired) electrons. The van der Waals surface area contributed by atoms with Gasteiger partial charge in [0, 0.05) is 25.3 Å². The monoisotopic (exact) mass is 233 g/mol. The molecule has 92 valence electrons. The Labute approximate surface area is 102 Å². The fraction of sp³-hybridized carbons (Fsp3) is 0.500. The smallest absolute Gasteiger partial charge is 0.224 e. The van der Waals surface area contributed by atoms with E-state index in [2.05, 4.69) is 5.32 Å². The lowest BCUT2D eigenvalue weighted by atomic mass is 9.96. The Morgan fingerprint density at radius 3 is 2.88 bits per heavy atom. The number of carbonyl (C=O) groups excluding carboxylic acids is 1. The Hall–Kier alpha value is -1.35. The zero-order valence-corrected chi connectivity index (χ0v) is 10.2. The van der Waals surface area contributed by atoms with E-state index < -0.39 is 0 Å². The maximum Gasteiger partial charge on any atom is 0.224 e. The van der Waals surface area contributed by atoms with Crippen LogP contribution in [0.15, 0.2) is 24.3 Å². The van der Waals surface area contributed by atoms with Crippen LogP contribution in [0.25, 0.3) is 0 Å². The summed E-state index contributed by atoms with van der Waals surface area (Å²) in [6, 6.07) is 7.89. The van der Waals surface area contributed by atoms with E-state index in [-0.39, 0.29) is 5.91 Å². The van der Waals surface area contributed by atoms with E-state index >= 15 is 0 Å². The average molecular weight is 233 g/mol. The highest BCUT2D eigenvalue weighted by Gasteiger charge is 2.17. The van der Waals surface area contributed by atoms with E-state index in [9.17, 15) is 4.79 Å². The highest BCUT2D eigenvalue weighted by atomic mass is 16.5. The van der Waals surface area contributed by atoms with Crippen molar-refractivity contribution in [2.45, 2.75) is 26.2 Å². The summed E-state index contributed by atoms with van der Waals surface area (Å²) in [5, 5.41) is 2.95. The molecule has 0 aliphatic carbocycles. The molecule has 1 aliphatic heterocycles. The summed E-state index contributed by atoms with van der Waals surface area (Å²) in [5.74, 6) is 0.594. The molecule has 0 spiro atoms. The molecule has 0 aromatic heterocycles. The Kier molecular flexibility index (Phi) is 4.15. The quantitative estimate of drug-likeness (QED) is 0.871. The maximum atomic E-state index is 11.8. The highest BCUT2D eigenvalue weighted by Crippen LogP contribution is 2.19. The molecule has 2 rings (SSSR count). The van der Waals surface area contributed by atoms with Crippen molar-refractivity contribution in [1.82, 2.24) is 0 Å². The number of rotatable bonds is 3. The van der Waals surface area contributed by atoms with Crippen molar-refractivity contribution in [3.05, 3.63) is 29.8 Å². The predicted molar refractivity (Wildman–Crippen MR) is 68.0 cm³/mol. The van der Waals surface area contributed by atoms with Gasteiger partial charge in [0.1, 0.15) is 0 Å². The number of anilines is 1. The number of carbonyl (C=O) groups is 1. The first-order valence-electron chi connectivity index (χ1n) is 6.18. The van der Waals surface area contributed by atoms with E-state index in [1.54, 1.807) is 0 Å². The van der Waals surface area contributed by atoms with Gasteiger partial charge in [0.05, 0.1) is 0 Å². The van der Waals surface area contributed by atoms with Crippen LogP contribution in [0.4, 0.5) is 5.69 Å². The van der Waals surface area contributed by atoms with Gasteiger partial charge in [-0.25, -0.2) is 0 Å². The third-order valence-corrected chi connectivity index (χ3v) is 3.12. The van der Waals surface area contributed by atoms with Crippen molar-refractivity contribution in [3.8, 4) is 0 Å². The van der Waals surface area contributed by atoms with Crippen molar-refractivity contribution in [2.75, 3.05) is 18.5 Å². The van der Waals surface area contributed by atoms with Gasteiger partial charge in [0.15, 0.2) is 0 Å². The van der Waals surface area contributed by atoms with Crippen LogP contribution in [0, 0.1) is 12.8 Å². The summed E-state index contributed by atoms with van der Waals surface area (Å²) in [5.41, 5.74) is 2.05. The largest absolute Gasteiger partial charge is 0.381 e. The fourth-order valence-corrected chi connectivity index (χ4v) is 2.15. The van der Waals surface area contributed by atoms with Gasteiger partial charge >= 0.3 is 0 Å². The van der Waals surface area contributed by atoms with Gasteiger partial charge in [-0.3, -0.25) is 4.79 Å². The molecular formula is C14H19NO2. The van der Waals surface area contributed by atoms with Crippen molar-refractivity contribution >= 4 is 11.6 Å². The first kappa shape index (κ1) is 12.1. The van der Waals surface area contributed by atoms with Gasteiger partial charge in [-0.2, -0.15) is 0 Å². The summed E-state index contributed by atoms with van der Waals surface area (Å²) in [6.07, 6.45) is 2.61. The summed E-state index contributed by atoms with van der Waals surface area (Å²) < 4.78 is 5.28. The molecule has 0 saturated carbocycles. The van der Waals surface area contributed by atoms with Crippen LogP contribution in [0.2, 0.25) is 0 Å². The summed E-state index contributed by atoms with van der Waals surface area (Å²) in [6.45, 7) is 3.61. The number of hydrogen-bond donors (Lipinski definition) is 1. The van der Waals surface area contributed by atoms with Crippen LogP contribution < -0.4 is 5.32 Å².